The molecule has 1 atom stereocenters. The van der Waals surface area contributed by atoms with E-state index in [1.165, 1.54) is 16.8 Å². The highest BCUT2D eigenvalue weighted by atomic mass is 127. The van der Waals surface area contributed by atoms with Gasteiger partial charge in [-0.25, -0.2) is 0 Å². The van der Waals surface area contributed by atoms with Crippen LogP contribution in [-0.2, 0) is 11.2 Å². The second-order valence-corrected chi connectivity index (χ2v) is 8.00. The summed E-state index contributed by atoms with van der Waals surface area (Å²) in [5, 5.41) is 3.50. The number of morpholine rings is 1. The zero-order valence-electron chi connectivity index (χ0n) is 19.8. The fourth-order valence-corrected chi connectivity index (χ4v) is 4.51. The molecule has 1 saturated heterocycles. The van der Waals surface area contributed by atoms with Crippen LogP contribution in [-0.4, -0.2) is 71.0 Å². The molecule has 0 amide bonds. The number of aliphatic imine (C=N–C) groups is 1. The summed E-state index contributed by atoms with van der Waals surface area (Å²) >= 11 is 0. The lowest BCUT2D eigenvalue weighted by atomic mass is 10.0. The summed E-state index contributed by atoms with van der Waals surface area (Å²) in [5.41, 5.74) is 3.80. The van der Waals surface area contributed by atoms with Crippen LogP contribution in [0.5, 0.6) is 11.5 Å². The van der Waals surface area contributed by atoms with Gasteiger partial charge in [-0.15, -0.1) is 24.0 Å². The summed E-state index contributed by atoms with van der Waals surface area (Å²) in [4.78, 5) is 9.88. The van der Waals surface area contributed by atoms with Crippen LogP contribution in [0.1, 0.15) is 24.1 Å². The minimum Gasteiger partial charge on any atom is -0.493 e. The molecule has 2 aliphatic heterocycles. The molecule has 7 nitrogen and oxygen atoms in total. The molecule has 2 aromatic rings. The van der Waals surface area contributed by atoms with Crippen molar-refractivity contribution < 1.29 is 14.2 Å². The Morgan fingerprint density at radius 1 is 1.06 bits per heavy atom. The lowest BCUT2D eigenvalue weighted by molar-refractivity contribution is 0.0179. The Kier molecular flexibility index (Phi) is 9.64. The van der Waals surface area contributed by atoms with Gasteiger partial charge in [0, 0.05) is 31.9 Å². The SMILES string of the molecule is CCNC(=NCC(c1ccc(OC)c(OC)c1)N1CCOCC1)N1CCc2ccccc21.I. The number of methoxy groups -OCH3 is 2. The molecule has 0 aromatic heterocycles. The number of ether oxygens (including phenoxy) is 3. The molecule has 0 radical (unpaired) electrons. The highest BCUT2D eigenvalue weighted by Gasteiger charge is 2.26. The van der Waals surface area contributed by atoms with E-state index in [2.05, 4.69) is 58.4 Å². The first-order valence-corrected chi connectivity index (χ1v) is 11.4. The van der Waals surface area contributed by atoms with E-state index in [4.69, 9.17) is 19.2 Å². The largest absolute Gasteiger partial charge is 0.493 e. The zero-order chi connectivity index (χ0) is 22.3. The summed E-state index contributed by atoms with van der Waals surface area (Å²) in [6.45, 7) is 7.80. The molecule has 0 aliphatic carbocycles. The van der Waals surface area contributed by atoms with Gasteiger partial charge < -0.3 is 24.4 Å². The van der Waals surface area contributed by atoms with E-state index < -0.39 is 0 Å². The second-order valence-electron chi connectivity index (χ2n) is 8.00. The fraction of sp³-hybridized carbons (Fsp3) is 0.480. The van der Waals surface area contributed by atoms with Gasteiger partial charge in [-0.2, -0.15) is 0 Å². The first kappa shape index (κ1) is 25.6. The maximum absolute atomic E-state index is 5.61. The van der Waals surface area contributed by atoms with Crippen LogP contribution in [0.4, 0.5) is 5.69 Å². The van der Waals surface area contributed by atoms with Gasteiger partial charge in [-0.1, -0.05) is 24.3 Å². The van der Waals surface area contributed by atoms with Gasteiger partial charge in [0.05, 0.1) is 40.0 Å². The maximum atomic E-state index is 5.61. The van der Waals surface area contributed by atoms with E-state index in [-0.39, 0.29) is 30.0 Å². The summed E-state index contributed by atoms with van der Waals surface area (Å²) in [7, 11) is 3.34. The van der Waals surface area contributed by atoms with Crippen LogP contribution in [0.25, 0.3) is 0 Å². The van der Waals surface area contributed by atoms with E-state index >= 15 is 0 Å². The molecular weight excluding hydrogens is 531 g/mol. The molecule has 0 saturated carbocycles. The predicted molar refractivity (Wildman–Crippen MR) is 144 cm³/mol. The molecule has 2 heterocycles. The number of benzene rings is 2. The van der Waals surface area contributed by atoms with Crippen LogP contribution in [0.15, 0.2) is 47.5 Å². The van der Waals surface area contributed by atoms with Crippen LogP contribution in [0.2, 0.25) is 0 Å². The average Bonchev–Trinajstić information content (AvgIpc) is 3.28. The Hall–Kier alpha value is -2.04. The normalized spacial score (nSPS) is 17.2. The minimum absolute atomic E-state index is 0. The van der Waals surface area contributed by atoms with Gasteiger partial charge in [0.15, 0.2) is 17.5 Å². The van der Waals surface area contributed by atoms with E-state index in [9.17, 15) is 0 Å². The number of halogens is 1. The Labute approximate surface area is 214 Å². The van der Waals surface area contributed by atoms with Crippen LogP contribution in [0.3, 0.4) is 0 Å². The predicted octanol–water partition coefficient (Wildman–Crippen LogP) is 3.72. The zero-order valence-corrected chi connectivity index (χ0v) is 22.1. The number of nitrogens with zero attached hydrogens (tertiary/aromatic N) is 3. The van der Waals surface area contributed by atoms with Crippen molar-refractivity contribution in [3.05, 3.63) is 53.6 Å². The van der Waals surface area contributed by atoms with Crippen molar-refractivity contribution in [2.45, 2.75) is 19.4 Å². The maximum Gasteiger partial charge on any atom is 0.198 e. The van der Waals surface area contributed by atoms with Crippen LogP contribution < -0.4 is 19.7 Å². The molecule has 1 N–H and O–H groups in total. The number of hydrogen-bond donors (Lipinski definition) is 1. The molecular formula is C25H35IN4O3. The summed E-state index contributed by atoms with van der Waals surface area (Å²) < 4.78 is 16.6. The van der Waals surface area contributed by atoms with Crippen molar-refractivity contribution in [2.75, 3.05) is 65.1 Å². The van der Waals surface area contributed by atoms with Gasteiger partial charge in [0.25, 0.3) is 0 Å². The third-order valence-electron chi connectivity index (χ3n) is 6.17. The standard InChI is InChI=1S/C25H34N4O3.HI/c1-4-26-25(29-12-11-19-7-5-6-8-21(19)29)27-18-22(28-13-15-32-16-14-28)20-9-10-23(30-2)24(17-20)31-3;/h5-10,17,22H,4,11-16,18H2,1-3H3,(H,26,27);1H. The molecule has 33 heavy (non-hydrogen) atoms. The van der Waals surface area contributed by atoms with Gasteiger partial charge in [-0.05, 0) is 42.7 Å². The van der Waals surface area contributed by atoms with E-state index in [0.29, 0.717) is 6.54 Å². The highest BCUT2D eigenvalue weighted by molar-refractivity contribution is 14.0. The quantitative estimate of drug-likeness (QED) is 0.314. The number of nitrogens with one attached hydrogen (secondary N) is 1. The van der Waals surface area contributed by atoms with Crippen molar-refractivity contribution in [1.29, 1.82) is 0 Å². The highest BCUT2D eigenvalue weighted by Crippen LogP contribution is 2.33. The number of fused-ring (bicyclic) bond motifs is 1. The van der Waals surface area contributed by atoms with Gasteiger partial charge in [0.2, 0.25) is 0 Å². The lowest BCUT2D eigenvalue weighted by Gasteiger charge is -2.34. The molecule has 2 aromatic carbocycles. The van der Waals surface area contributed by atoms with Crippen molar-refractivity contribution in [2.24, 2.45) is 4.99 Å². The smallest absolute Gasteiger partial charge is 0.198 e. The van der Waals surface area contributed by atoms with Crippen molar-refractivity contribution >= 4 is 35.6 Å². The molecule has 8 heteroatoms. The molecule has 180 valence electrons. The molecule has 1 unspecified atom stereocenters. The van der Waals surface area contributed by atoms with Crippen LogP contribution in [0, 0.1) is 0 Å². The van der Waals surface area contributed by atoms with Crippen LogP contribution >= 0.6 is 24.0 Å². The number of para-hydroxylation sites is 1. The summed E-state index contributed by atoms with van der Waals surface area (Å²) in [6.07, 6.45) is 1.04. The number of rotatable bonds is 7. The van der Waals surface area contributed by atoms with Gasteiger partial charge >= 0.3 is 0 Å². The topological polar surface area (TPSA) is 58.6 Å². The average molecular weight is 566 g/mol. The molecule has 1 fully saturated rings. The van der Waals surface area contributed by atoms with E-state index in [1.54, 1.807) is 14.2 Å². The number of guanidine groups is 1. The number of anilines is 1. The van der Waals surface area contributed by atoms with Crippen molar-refractivity contribution in [3.63, 3.8) is 0 Å². The number of hydrogen-bond acceptors (Lipinski definition) is 5. The minimum atomic E-state index is 0. The van der Waals surface area contributed by atoms with Gasteiger partial charge in [-0.3, -0.25) is 9.89 Å². The molecule has 4 rings (SSSR count). The Bertz CT molecular complexity index is 934. The van der Waals surface area contributed by atoms with E-state index in [1.807, 2.05) is 6.07 Å². The monoisotopic (exact) mass is 566 g/mol. The first-order chi connectivity index (χ1) is 15.7. The van der Waals surface area contributed by atoms with E-state index in [0.717, 1.165) is 63.3 Å². The second kappa shape index (κ2) is 12.4. The molecule has 0 spiro atoms. The van der Waals surface area contributed by atoms with Crippen molar-refractivity contribution in [1.82, 2.24) is 10.2 Å². The molecule has 2 aliphatic rings. The Balaban J connectivity index is 0.00000306. The Morgan fingerprint density at radius 3 is 2.55 bits per heavy atom. The fourth-order valence-electron chi connectivity index (χ4n) is 4.51. The summed E-state index contributed by atoms with van der Waals surface area (Å²) in [6, 6.07) is 14.9. The third-order valence-corrected chi connectivity index (χ3v) is 6.17. The summed E-state index contributed by atoms with van der Waals surface area (Å²) in [5.74, 6) is 2.42. The van der Waals surface area contributed by atoms with Gasteiger partial charge in [0.1, 0.15) is 0 Å². The molecule has 0 bridgehead atoms. The lowest BCUT2D eigenvalue weighted by Crippen LogP contribution is -2.43. The third kappa shape index (κ3) is 5.91. The Morgan fingerprint density at radius 2 is 1.82 bits per heavy atom. The van der Waals surface area contributed by atoms with Crippen molar-refractivity contribution in [3.8, 4) is 11.5 Å². The first-order valence-electron chi connectivity index (χ1n) is 11.4.